The number of rotatable bonds is 7. The van der Waals surface area contributed by atoms with Crippen molar-refractivity contribution < 1.29 is 23.9 Å². The van der Waals surface area contributed by atoms with Gasteiger partial charge >= 0.3 is 5.97 Å². The number of halogens is 1. The summed E-state index contributed by atoms with van der Waals surface area (Å²) in [4.78, 5) is 37.6. The van der Waals surface area contributed by atoms with Gasteiger partial charge in [-0.3, -0.25) is 19.3 Å². The maximum Gasteiger partial charge on any atom is 0.326 e. The third-order valence-corrected chi connectivity index (χ3v) is 6.73. The van der Waals surface area contributed by atoms with Crippen molar-refractivity contribution in [1.82, 2.24) is 4.90 Å². The number of fused-ring (bicyclic) bond motifs is 1. The van der Waals surface area contributed by atoms with Gasteiger partial charge in [-0.25, -0.2) is 0 Å². The van der Waals surface area contributed by atoms with Crippen LogP contribution in [0.1, 0.15) is 18.1 Å². The van der Waals surface area contributed by atoms with Crippen LogP contribution in [0, 0.1) is 3.57 Å². The standard InChI is InChI=1S/C25H20INO5S/c1-2-31-23(28)14-27-24(29)22(33-25(27)30)13-16-10-11-21(20(26)12-16)32-15-18-8-5-7-17-6-3-4-9-19(17)18/h3-13H,2,14-15H2,1H3/b22-13+. The number of esters is 1. The Balaban J connectivity index is 1.46. The van der Waals surface area contributed by atoms with Gasteiger partial charge in [-0.2, -0.15) is 0 Å². The average molecular weight is 573 g/mol. The zero-order valence-electron chi connectivity index (χ0n) is 17.7. The van der Waals surface area contributed by atoms with Gasteiger partial charge < -0.3 is 9.47 Å². The molecule has 6 nitrogen and oxygen atoms in total. The molecule has 8 heteroatoms. The van der Waals surface area contributed by atoms with E-state index in [4.69, 9.17) is 9.47 Å². The number of ether oxygens (including phenoxy) is 2. The maximum absolute atomic E-state index is 12.6. The second-order valence-corrected chi connectivity index (χ2v) is 9.35. The number of hydrogen-bond donors (Lipinski definition) is 0. The molecule has 0 saturated carbocycles. The lowest BCUT2D eigenvalue weighted by atomic mass is 10.1. The Hall–Kier alpha value is -2.85. The molecule has 2 amide bonds. The molecular formula is C25H20INO5S. The average Bonchev–Trinajstić information content (AvgIpc) is 3.06. The van der Waals surface area contributed by atoms with Crippen LogP contribution >= 0.6 is 34.4 Å². The number of hydrogen-bond acceptors (Lipinski definition) is 6. The Kier molecular flexibility index (Phi) is 7.34. The second-order valence-electron chi connectivity index (χ2n) is 7.19. The summed E-state index contributed by atoms with van der Waals surface area (Å²) < 4.78 is 11.8. The first-order chi connectivity index (χ1) is 16.0. The smallest absolute Gasteiger partial charge is 0.326 e. The van der Waals surface area contributed by atoms with Crippen molar-refractivity contribution >= 4 is 68.3 Å². The molecule has 3 aromatic rings. The summed E-state index contributed by atoms with van der Waals surface area (Å²) in [6, 6.07) is 19.9. The number of nitrogens with zero attached hydrogens (tertiary/aromatic N) is 1. The number of thioether (sulfide) groups is 1. The summed E-state index contributed by atoms with van der Waals surface area (Å²) in [6.45, 7) is 1.92. The van der Waals surface area contributed by atoms with Crippen LogP contribution in [0.4, 0.5) is 4.79 Å². The van der Waals surface area contributed by atoms with Crippen LogP contribution in [0.25, 0.3) is 16.8 Å². The fourth-order valence-corrected chi connectivity index (χ4v) is 4.95. The van der Waals surface area contributed by atoms with Crippen LogP contribution in [0.15, 0.2) is 65.6 Å². The van der Waals surface area contributed by atoms with Crippen LogP contribution in [0.3, 0.4) is 0 Å². The Labute approximate surface area is 209 Å². The Bertz CT molecular complexity index is 1270. The van der Waals surface area contributed by atoms with E-state index in [-0.39, 0.29) is 18.1 Å². The van der Waals surface area contributed by atoms with Gasteiger partial charge in [0.2, 0.25) is 0 Å². The molecule has 1 aliphatic rings. The van der Waals surface area contributed by atoms with Crippen molar-refractivity contribution in [3.63, 3.8) is 0 Å². The molecule has 168 valence electrons. The zero-order valence-corrected chi connectivity index (χ0v) is 20.7. The van der Waals surface area contributed by atoms with Crippen LogP contribution in [-0.2, 0) is 20.9 Å². The Morgan fingerprint density at radius 2 is 1.88 bits per heavy atom. The fourth-order valence-electron chi connectivity index (χ4n) is 3.42. The molecule has 0 atom stereocenters. The number of imide groups is 1. The van der Waals surface area contributed by atoms with Crippen molar-refractivity contribution in [3.8, 4) is 5.75 Å². The van der Waals surface area contributed by atoms with E-state index in [1.54, 1.807) is 13.0 Å². The summed E-state index contributed by atoms with van der Waals surface area (Å²) in [7, 11) is 0. The quantitative estimate of drug-likeness (QED) is 0.208. The van der Waals surface area contributed by atoms with Crippen LogP contribution in [0.2, 0.25) is 0 Å². The lowest BCUT2D eigenvalue weighted by Crippen LogP contribution is -2.34. The highest BCUT2D eigenvalue weighted by Crippen LogP contribution is 2.33. The van der Waals surface area contributed by atoms with Crippen LogP contribution in [0.5, 0.6) is 5.75 Å². The van der Waals surface area contributed by atoms with Crippen LogP contribution < -0.4 is 4.74 Å². The predicted molar refractivity (Wildman–Crippen MR) is 137 cm³/mol. The van der Waals surface area contributed by atoms with E-state index in [0.717, 1.165) is 42.5 Å². The van der Waals surface area contributed by atoms with Gasteiger partial charge in [0.25, 0.3) is 11.1 Å². The van der Waals surface area contributed by atoms with Gasteiger partial charge in [-0.15, -0.1) is 0 Å². The number of benzene rings is 3. The molecule has 0 N–H and O–H groups in total. The van der Waals surface area contributed by atoms with E-state index in [2.05, 4.69) is 46.9 Å². The predicted octanol–water partition coefficient (Wildman–Crippen LogP) is 5.62. The van der Waals surface area contributed by atoms with Gasteiger partial charge in [0.05, 0.1) is 15.1 Å². The van der Waals surface area contributed by atoms with Gasteiger partial charge in [0.15, 0.2) is 0 Å². The molecule has 0 spiro atoms. The molecule has 33 heavy (non-hydrogen) atoms. The highest BCUT2D eigenvalue weighted by molar-refractivity contribution is 14.1. The van der Waals surface area contributed by atoms with E-state index in [1.165, 1.54) is 5.39 Å². The molecule has 1 saturated heterocycles. The third kappa shape index (κ3) is 5.39. The summed E-state index contributed by atoms with van der Waals surface area (Å²) in [6.07, 6.45) is 1.65. The molecule has 1 aliphatic heterocycles. The van der Waals surface area contributed by atoms with E-state index in [1.807, 2.05) is 36.4 Å². The highest BCUT2D eigenvalue weighted by Gasteiger charge is 2.36. The SMILES string of the molecule is CCOC(=O)CN1C(=O)S/C(=C/c2ccc(OCc3cccc4ccccc34)c(I)c2)C1=O. The second kappa shape index (κ2) is 10.4. The number of amides is 2. The molecule has 1 heterocycles. The van der Waals surface area contributed by atoms with Crippen molar-refractivity contribution in [2.45, 2.75) is 13.5 Å². The topological polar surface area (TPSA) is 72.9 Å². The lowest BCUT2D eigenvalue weighted by Gasteiger charge is -2.11. The van der Waals surface area contributed by atoms with Gasteiger partial charge in [0, 0.05) is 0 Å². The van der Waals surface area contributed by atoms with Crippen molar-refractivity contribution in [1.29, 1.82) is 0 Å². The minimum Gasteiger partial charge on any atom is -0.488 e. The molecule has 0 unspecified atom stereocenters. The maximum atomic E-state index is 12.6. The Morgan fingerprint density at radius 1 is 1.09 bits per heavy atom. The summed E-state index contributed by atoms with van der Waals surface area (Å²) in [5, 5.41) is 1.84. The van der Waals surface area contributed by atoms with Gasteiger partial charge in [-0.05, 0) is 81.4 Å². The molecule has 0 bridgehead atoms. The van der Waals surface area contributed by atoms with Crippen molar-refractivity contribution in [2.75, 3.05) is 13.2 Å². The Morgan fingerprint density at radius 3 is 2.67 bits per heavy atom. The fraction of sp³-hybridized carbons (Fsp3) is 0.160. The first-order valence-corrected chi connectivity index (χ1v) is 12.2. The first-order valence-electron chi connectivity index (χ1n) is 10.3. The first kappa shape index (κ1) is 23.3. The minimum absolute atomic E-state index is 0.193. The molecule has 3 aromatic carbocycles. The number of carbonyl (C=O) groups excluding carboxylic acids is 3. The van der Waals surface area contributed by atoms with E-state index < -0.39 is 17.1 Å². The molecule has 0 aliphatic carbocycles. The van der Waals surface area contributed by atoms with E-state index >= 15 is 0 Å². The minimum atomic E-state index is -0.608. The summed E-state index contributed by atoms with van der Waals surface area (Å²) >= 11 is 3.00. The molecule has 1 fully saturated rings. The normalized spacial score (nSPS) is 14.8. The van der Waals surface area contributed by atoms with Crippen molar-refractivity contribution in [3.05, 3.63) is 80.3 Å². The summed E-state index contributed by atoms with van der Waals surface area (Å²) in [5.74, 6) is -0.372. The summed E-state index contributed by atoms with van der Waals surface area (Å²) in [5.41, 5.74) is 1.86. The lowest BCUT2D eigenvalue weighted by molar-refractivity contribution is -0.145. The van der Waals surface area contributed by atoms with Crippen LogP contribution in [-0.4, -0.2) is 35.2 Å². The molecule has 4 rings (SSSR count). The largest absolute Gasteiger partial charge is 0.488 e. The van der Waals surface area contributed by atoms with Gasteiger partial charge in [-0.1, -0.05) is 48.5 Å². The van der Waals surface area contributed by atoms with Gasteiger partial charge in [0.1, 0.15) is 18.9 Å². The molecule has 0 radical (unpaired) electrons. The zero-order chi connectivity index (χ0) is 23.4. The molecule has 0 aromatic heterocycles. The third-order valence-electron chi connectivity index (χ3n) is 4.98. The monoisotopic (exact) mass is 573 g/mol. The highest BCUT2D eigenvalue weighted by atomic mass is 127. The van der Waals surface area contributed by atoms with E-state index in [9.17, 15) is 14.4 Å². The van der Waals surface area contributed by atoms with Crippen molar-refractivity contribution in [2.24, 2.45) is 0 Å². The van der Waals surface area contributed by atoms with E-state index in [0.29, 0.717) is 6.61 Å². The molecular weight excluding hydrogens is 553 g/mol. The number of carbonyl (C=O) groups is 3.